The molecule has 2 rings (SSSR count). The van der Waals surface area contributed by atoms with E-state index in [0.717, 1.165) is 0 Å². The number of sulfone groups is 1. The van der Waals surface area contributed by atoms with Gasteiger partial charge in [-0.05, 0) is 31.0 Å². The summed E-state index contributed by atoms with van der Waals surface area (Å²) in [5.41, 5.74) is -0.462. The lowest BCUT2D eigenvalue weighted by molar-refractivity contribution is 0.572. The number of hydrogen-bond acceptors (Lipinski definition) is 5. The SMILES string of the molecule is CC1(Nc2ccnc(Cl)n2)CCS(=O)(=O)C1. The highest BCUT2D eigenvalue weighted by molar-refractivity contribution is 7.91. The first-order valence-corrected chi connectivity index (χ1v) is 7.06. The predicted octanol–water partition coefficient (Wildman–Crippen LogP) is 1.12. The summed E-state index contributed by atoms with van der Waals surface area (Å²) in [6.45, 7) is 1.87. The van der Waals surface area contributed by atoms with E-state index in [9.17, 15) is 8.42 Å². The van der Waals surface area contributed by atoms with Crippen LogP contribution in [0.3, 0.4) is 0 Å². The molecule has 88 valence electrons. The summed E-state index contributed by atoms with van der Waals surface area (Å²) in [4.78, 5) is 7.74. The number of aromatic nitrogens is 2. The van der Waals surface area contributed by atoms with E-state index < -0.39 is 15.4 Å². The van der Waals surface area contributed by atoms with Crippen LogP contribution in [-0.4, -0.2) is 35.4 Å². The zero-order valence-corrected chi connectivity index (χ0v) is 10.3. The molecule has 1 aliphatic heterocycles. The van der Waals surface area contributed by atoms with Crippen molar-refractivity contribution in [3.8, 4) is 0 Å². The molecule has 0 bridgehead atoms. The standard InChI is InChI=1S/C9H12ClN3O2S/c1-9(3-5-16(14,15)6-9)13-7-2-4-11-8(10)12-7/h2,4H,3,5-6H2,1H3,(H,11,12,13). The molecule has 1 saturated heterocycles. The van der Waals surface area contributed by atoms with E-state index in [4.69, 9.17) is 11.6 Å². The van der Waals surface area contributed by atoms with Crippen LogP contribution < -0.4 is 5.32 Å². The third-order valence-corrected chi connectivity index (χ3v) is 4.64. The van der Waals surface area contributed by atoms with Crippen LogP contribution in [-0.2, 0) is 9.84 Å². The first-order chi connectivity index (χ1) is 7.39. The summed E-state index contributed by atoms with van der Waals surface area (Å²) >= 11 is 5.65. The second-order valence-electron chi connectivity index (χ2n) is 4.24. The van der Waals surface area contributed by atoms with Crippen LogP contribution in [0.5, 0.6) is 0 Å². The Bertz CT molecular complexity index is 505. The zero-order chi connectivity index (χ0) is 11.8. The Morgan fingerprint density at radius 1 is 1.56 bits per heavy atom. The van der Waals surface area contributed by atoms with Gasteiger partial charge in [-0.15, -0.1) is 0 Å². The molecule has 16 heavy (non-hydrogen) atoms. The topological polar surface area (TPSA) is 72.0 Å². The predicted molar refractivity (Wildman–Crippen MR) is 62.3 cm³/mol. The van der Waals surface area contributed by atoms with E-state index in [0.29, 0.717) is 12.2 Å². The average Bonchev–Trinajstić information content (AvgIpc) is 2.40. The molecule has 1 unspecified atom stereocenters. The minimum atomic E-state index is -2.92. The number of halogens is 1. The molecule has 1 aromatic rings. The Hall–Kier alpha value is -0.880. The summed E-state index contributed by atoms with van der Waals surface area (Å²) < 4.78 is 22.8. The van der Waals surface area contributed by atoms with Crippen molar-refractivity contribution >= 4 is 27.3 Å². The van der Waals surface area contributed by atoms with Crippen LogP contribution in [0, 0.1) is 0 Å². The van der Waals surface area contributed by atoms with Crippen molar-refractivity contribution in [1.29, 1.82) is 0 Å². The molecule has 0 spiro atoms. The minimum absolute atomic E-state index is 0.127. The quantitative estimate of drug-likeness (QED) is 0.808. The van der Waals surface area contributed by atoms with Gasteiger partial charge in [0.25, 0.3) is 0 Å². The van der Waals surface area contributed by atoms with Gasteiger partial charge in [-0.1, -0.05) is 0 Å². The third kappa shape index (κ3) is 2.62. The minimum Gasteiger partial charge on any atom is -0.364 e. The van der Waals surface area contributed by atoms with Crippen molar-refractivity contribution in [2.45, 2.75) is 18.9 Å². The lowest BCUT2D eigenvalue weighted by atomic mass is 10.0. The number of nitrogens with one attached hydrogen (secondary N) is 1. The van der Waals surface area contributed by atoms with Gasteiger partial charge < -0.3 is 5.32 Å². The monoisotopic (exact) mass is 261 g/mol. The average molecular weight is 262 g/mol. The Kier molecular flexibility index (Phi) is 2.79. The number of hydrogen-bond donors (Lipinski definition) is 1. The second-order valence-corrected chi connectivity index (χ2v) is 6.76. The molecule has 2 heterocycles. The lowest BCUT2D eigenvalue weighted by Crippen LogP contribution is -2.36. The summed E-state index contributed by atoms with van der Waals surface area (Å²) in [6.07, 6.45) is 2.11. The van der Waals surface area contributed by atoms with E-state index in [2.05, 4.69) is 15.3 Å². The Morgan fingerprint density at radius 3 is 2.88 bits per heavy atom. The van der Waals surface area contributed by atoms with Gasteiger partial charge in [0.15, 0.2) is 9.84 Å². The highest BCUT2D eigenvalue weighted by Gasteiger charge is 2.38. The normalized spacial score (nSPS) is 27.9. The van der Waals surface area contributed by atoms with Gasteiger partial charge in [0, 0.05) is 6.20 Å². The van der Waals surface area contributed by atoms with Crippen LogP contribution in [0.1, 0.15) is 13.3 Å². The van der Waals surface area contributed by atoms with Crippen LogP contribution >= 0.6 is 11.6 Å². The van der Waals surface area contributed by atoms with Crippen molar-refractivity contribution in [1.82, 2.24) is 9.97 Å². The lowest BCUT2D eigenvalue weighted by Gasteiger charge is -2.24. The summed E-state index contributed by atoms with van der Waals surface area (Å²) in [5, 5.41) is 3.25. The van der Waals surface area contributed by atoms with Crippen molar-refractivity contribution in [2.24, 2.45) is 0 Å². The van der Waals surface area contributed by atoms with E-state index in [-0.39, 0.29) is 16.8 Å². The third-order valence-electron chi connectivity index (χ3n) is 2.56. The fourth-order valence-electron chi connectivity index (χ4n) is 1.82. The van der Waals surface area contributed by atoms with E-state index in [1.165, 1.54) is 6.20 Å². The van der Waals surface area contributed by atoms with Gasteiger partial charge in [-0.25, -0.2) is 18.4 Å². The molecule has 7 heteroatoms. The molecular weight excluding hydrogens is 250 g/mol. The van der Waals surface area contributed by atoms with Crippen LogP contribution in [0.15, 0.2) is 12.3 Å². The molecule has 0 radical (unpaired) electrons. The molecule has 0 aliphatic carbocycles. The van der Waals surface area contributed by atoms with Crippen molar-refractivity contribution in [3.05, 3.63) is 17.5 Å². The van der Waals surface area contributed by atoms with E-state index in [1.807, 2.05) is 6.92 Å². The molecule has 1 atom stereocenters. The summed E-state index contributed by atoms with van der Waals surface area (Å²) in [6, 6.07) is 1.67. The molecule has 1 aliphatic rings. The zero-order valence-electron chi connectivity index (χ0n) is 8.77. The fourth-order valence-corrected chi connectivity index (χ4v) is 4.06. The molecule has 5 nitrogen and oxygen atoms in total. The highest BCUT2D eigenvalue weighted by atomic mass is 35.5. The summed E-state index contributed by atoms with van der Waals surface area (Å²) in [7, 11) is -2.92. The molecule has 1 fully saturated rings. The van der Waals surface area contributed by atoms with Crippen molar-refractivity contribution < 1.29 is 8.42 Å². The summed E-state index contributed by atoms with van der Waals surface area (Å²) in [5.74, 6) is 0.899. The van der Waals surface area contributed by atoms with E-state index >= 15 is 0 Å². The number of nitrogens with zero attached hydrogens (tertiary/aromatic N) is 2. The van der Waals surface area contributed by atoms with Gasteiger partial charge in [0.05, 0.1) is 17.0 Å². The smallest absolute Gasteiger partial charge is 0.224 e. The second kappa shape index (κ2) is 3.85. The molecule has 0 saturated carbocycles. The first kappa shape index (κ1) is 11.6. The maximum Gasteiger partial charge on any atom is 0.224 e. The molecule has 1 N–H and O–H groups in total. The van der Waals surface area contributed by atoms with Crippen molar-refractivity contribution in [3.63, 3.8) is 0 Å². The fraction of sp³-hybridized carbons (Fsp3) is 0.556. The Labute approximate surface area is 99.2 Å². The van der Waals surface area contributed by atoms with Gasteiger partial charge in [-0.2, -0.15) is 0 Å². The molecule has 1 aromatic heterocycles. The van der Waals surface area contributed by atoms with Crippen LogP contribution in [0.2, 0.25) is 5.28 Å². The van der Waals surface area contributed by atoms with Crippen molar-refractivity contribution in [2.75, 3.05) is 16.8 Å². The molecule has 0 amide bonds. The largest absolute Gasteiger partial charge is 0.364 e. The van der Waals surface area contributed by atoms with Crippen LogP contribution in [0.4, 0.5) is 5.82 Å². The molecule has 0 aromatic carbocycles. The van der Waals surface area contributed by atoms with E-state index in [1.54, 1.807) is 6.07 Å². The highest BCUT2D eigenvalue weighted by Crippen LogP contribution is 2.26. The Morgan fingerprint density at radius 2 is 2.31 bits per heavy atom. The van der Waals surface area contributed by atoms with Gasteiger partial charge in [0.2, 0.25) is 5.28 Å². The Balaban J connectivity index is 2.16. The number of rotatable bonds is 2. The number of anilines is 1. The van der Waals surface area contributed by atoms with Gasteiger partial charge >= 0.3 is 0 Å². The van der Waals surface area contributed by atoms with Gasteiger partial charge in [0.1, 0.15) is 5.82 Å². The first-order valence-electron chi connectivity index (χ1n) is 4.86. The van der Waals surface area contributed by atoms with Crippen LogP contribution in [0.25, 0.3) is 0 Å². The maximum atomic E-state index is 11.4. The maximum absolute atomic E-state index is 11.4. The molecular formula is C9H12ClN3O2S. The van der Waals surface area contributed by atoms with Gasteiger partial charge in [-0.3, -0.25) is 0 Å².